The minimum Gasteiger partial charge on any atom is -0.317 e. The number of halogens is 2. The van der Waals surface area contributed by atoms with E-state index in [0.29, 0.717) is 16.6 Å². The molecule has 0 spiro atoms. The Morgan fingerprint density at radius 1 is 1.35 bits per heavy atom. The molecule has 0 bridgehead atoms. The molecule has 8 heteroatoms. The van der Waals surface area contributed by atoms with Gasteiger partial charge in [0.25, 0.3) is 0 Å². The highest BCUT2D eigenvalue weighted by atomic mass is 35.5. The number of hydrogen-bond donors (Lipinski definition) is 2. The van der Waals surface area contributed by atoms with Crippen molar-refractivity contribution in [3.63, 3.8) is 0 Å². The minimum atomic E-state index is 0. The van der Waals surface area contributed by atoms with Crippen LogP contribution >= 0.6 is 35.3 Å². The van der Waals surface area contributed by atoms with Crippen molar-refractivity contribution >= 4 is 46.4 Å². The normalized spacial score (nSPS) is 15.0. The number of carbonyl (C=O) groups excluding carboxylic acids is 1. The minimum absolute atomic E-state index is 0. The second-order valence-corrected chi connectivity index (χ2v) is 6.82. The summed E-state index contributed by atoms with van der Waals surface area (Å²) in [6.07, 6.45) is 2.42. The maximum Gasteiger partial charge on any atom is 0.229 e. The van der Waals surface area contributed by atoms with Crippen molar-refractivity contribution in [2.24, 2.45) is 5.92 Å². The van der Waals surface area contributed by atoms with Crippen molar-refractivity contribution in [1.82, 2.24) is 15.5 Å². The Balaban J connectivity index is 0.00000192. The molecule has 0 unspecified atom stereocenters. The van der Waals surface area contributed by atoms with E-state index in [0.717, 1.165) is 36.5 Å². The van der Waals surface area contributed by atoms with Crippen molar-refractivity contribution in [3.05, 3.63) is 39.9 Å². The van der Waals surface area contributed by atoms with Crippen molar-refractivity contribution in [2.75, 3.05) is 18.4 Å². The Morgan fingerprint density at radius 2 is 2.13 bits per heavy atom. The van der Waals surface area contributed by atoms with Crippen LogP contribution in [-0.4, -0.2) is 29.2 Å². The number of carbonyl (C=O) groups is 1. The smallest absolute Gasteiger partial charge is 0.229 e. The van der Waals surface area contributed by atoms with E-state index < -0.39 is 0 Å². The van der Waals surface area contributed by atoms with E-state index in [1.807, 2.05) is 24.3 Å². The van der Waals surface area contributed by atoms with Crippen LogP contribution in [-0.2, 0) is 11.2 Å². The molecule has 0 radical (unpaired) electrons. The van der Waals surface area contributed by atoms with E-state index in [9.17, 15) is 4.79 Å². The average molecular weight is 373 g/mol. The molecule has 1 aliphatic heterocycles. The number of piperidine rings is 1. The SMILES string of the molecule is Cl.O=C(Nc1nnc(Cc2cccc(Cl)c2)s1)C1CCNCC1. The molecular formula is C15H18Cl2N4OS. The standard InChI is InChI=1S/C15H17ClN4OS.ClH/c16-12-3-1-2-10(8-12)9-13-19-20-15(22-13)18-14(21)11-4-6-17-7-5-11;/h1-3,8,11,17H,4-7,9H2,(H,18,20,21);1H. The fourth-order valence-corrected chi connectivity index (χ4v) is 3.48. The maximum absolute atomic E-state index is 12.2. The summed E-state index contributed by atoms with van der Waals surface area (Å²) < 4.78 is 0. The zero-order chi connectivity index (χ0) is 15.4. The summed E-state index contributed by atoms with van der Waals surface area (Å²) in [4.78, 5) is 12.2. The van der Waals surface area contributed by atoms with E-state index >= 15 is 0 Å². The molecular weight excluding hydrogens is 355 g/mol. The van der Waals surface area contributed by atoms with E-state index in [4.69, 9.17) is 11.6 Å². The maximum atomic E-state index is 12.2. The molecule has 124 valence electrons. The fourth-order valence-electron chi connectivity index (χ4n) is 2.49. The van der Waals surface area contributed by atoms with Gasteiger partial charge in [0.1, 0.15) is 5.01 Å². The van der Waals surface area contributed by atoms with Crippen LogP contribution in [0.15, 0.2) is 24.3 Å². The Hall–Kier alpha value is -1.21. The van der Waals surface area contributed by atoms with E-state index in [2.05, 4.69) is 20.8 Å². The molecule has 0 atom stereocenters. The first-order valence-electron chi connectivity index (χ1n) is 7.29. The second kappa shape index (κ2) is 8.59. The molecule has 0 aliphatic carbocycles. The van der Waals surface area contributed by atoms with Gasteiger partial charge < -0.3 is 10.6 Å². The summed E-state index contributed by atoms with van der Waals surface area (Å²) in [5.74, 6) is 0.119. The van der Waals surface area contributed by atoms with Crippen LogP contribution in [0, 0.1) is 5.92 Å². The summed E-state index contributed by atoms with van der Waals surface area (Å²) in [7, 11) is 0. The Bertz CT molecular complexity index is 658. The van der Waals surface area contributed by atoms with Gasteiger partial charge in [0.15, 0.2) is 0 Å². The van der Waals surface area contributed by atoms with Crippen molar-refractivity contribution in [3.8, 4) is 0 Å². The number of nitrogens with zero attached hydrogens (tertiary/aromatic N) is 2. The number of anilines is 1. The molecule has 2 heterocycles. The van der Waals surface area contributed by atoms with Crippen LogP contribution < -0.4 is 10.6 Å². The van der Waals surface area contributed by atoms with Gasteiger partial charge in [-0.05, 0) is 43.6 Å². The first-order valence-corrected chi connectivity index (χ1v) is 8.48. The van der Waals surface area contributed by atoms with Gasteiger partial charge in [0.2, 0.25) is 11.0 Å². The third kappa shape index (κ3) is 5.14. The third-order valence-electron chi connectivity index (χ3n) is 3.65. The number of benzene rings is 1. The molecule has 1 aromatic heterocycles. The lowest BCUT2D eigenvalue weighted by Crippen LogP contribution is -2.34. The van der Waals surface area contributed by atoms with Gasteiger partial charge in [-0.2, -0.15) is 0 Å². The highest BCUT2D eigenvalue weighted by molar-refractivity contribution is 7.15. The summed E-state index contributed by atoms with van der Waals surface area (Å²) in [5, 5.41) is 16.5. The van der Waals surface area contributed by atoms with Crippen LogP contribution in [0.5, 0.6) is 0 Å². The number of aromatic nitrogens is 2. The lowest BCUT2D eigenvalue weighted by molar-refractivity contribution is -0.120. The van der Waals surface area contributed by atoms with Crippen LogP contribution in [0.1, 0.15) is 23.4 Å². The molecule has 5 nitrogen and oxygen atoms in total. The molecule has 2 N–H and O–H groups in total. The number of amides is 1. The van der Waals surface area contributed by atoms with Gasteiger partial charge in [-0.1, -0.05) is 35.1 Å². The van der Waals surface area contributed by atoms with E-state index in [1.54, 1.807) is 0 Å². The molecule has 0 saturated carbocycles. The highest BCUT2D eigenvalue weighted by Crippen LogP contribution is 2.22. The van der Waals surface area contributed by atoms with Gasteiger partial charge in [-0.25, -0.2) is 0 Å². The van der Waals surface area contributed by atoms with Crippen LogP contribution in [0.2, 0.25) is 5.02 Å². The largest absolute Gasteiger partial charge is 0.317 e. The van der Waals surface area contributed by atoms with Gasteiger partial charge in [0.05, 0.1) is 0 Å². The lowest BCUT2D eigenvalue weighted by atomic mass is 9.97. The first kappa shape index (κ1) is 18.1. The summed E-state index contributed by atoms with van der Waals surface area (Å²) in [6.45, 7) is 1.79. The first-order chi connectivity index (χ1) is 10.7. The second-order valence-electron chi connectivity index (χ2n) is 5.32. The molecule has 23 heavy (non-hydrogen) atoms. The molecule has 1 amide bonds. The third-order valence-corrected chi connectivity index (χ3v) is 4.73. The average Bonchev–Trinajstić information content (AvgIpc) is 2.95. The Labute approximate surface area is 150 Å². The predicted molar refractivity (Wildman–Crippen MR) is 95.6 cm³/mol. The Kier molecular flexibility index (Phi) is 6.77. The van der Waals surface area contributed by atoms with Gasteiger partial charge in [-0.15, -0.1) is 22.6 Å². The molecule has 1 saturated heterocycles. The zero-order valence-electron chi connectivity index (χ0n) is 12.4. The van der Waals surface area contributed by atoms with Crippen LogP contribution in [0.3, 0.4) is 0 Å². The summed E-state index contributed by atoms with van der Waals surface area (Å²) in [6, 6.07) is 7.67. The fraction of sp³-hybridized carbons (Fsp3) is 0.400. The van der Waals surface area contributed by atoms with Crippen LogP contribution in [0.4, 0.5) is 5.13 Å². The van der Waals surface area contributed by atoms with Crippen LogP contribution in [0.25, 0.3) is 0 Å². The molecule has 3 rings (SSSR count). The number of rotatable bonds is 4. The molecule has 2 aromatic rings. The highest BCUT2D eigenvalue weighted by Gasteiger charge is 2.21. The predicted octanol–water partition coefficient (Wildman–Crippen LogP) is 3.14. The topological polar surface area (TPSA) is 66.9 Å². The van der Waals surface area contributed by atoms with E-state index in [-0.39, 0.29) is 24.2 Å². The van der Waals surface area contributed by atoms with Gasteiger partial charge in [-0.3, -0.25) is 4.79 Å². The summed E-state index contributed by atoms with van der Waals surface area (Å²) in [5.41, 5.74) is 1.08. The molecule has 1 aliphatic rings. The lowest BCUT2D eigenvalue weighted by Gasteiger charge is -2.20. The van der Waals surface area contributed by atoms with Gasteiger partial charge >= 0.3 is 0 Å². The van der Waals surface area contributed by atoms with Crippen molar-refractivity contribution in [1.29, 1.82) is 0 Å². The summed E-state index contributed by atoms with van der Waals surface area (Å²) >= 11 is 7.39. The molecule has 1 fully saturated rings. The Morgan fingerprint density at radius 3 is 2.87 bits per heavy atom. The quantitative estimate of drug-likeness (QED) is 0.864. The van der Waals surface area contributed by atoms with Gasteiger partial charge in [0, 0.05) is 17.4 Å². The van der Waals surface area contributed by atoms with Crippen molar-refractivity contribution < 1.29 is 4.79 Å². The van der Waals surface area contributed by atoms with Crippen molar-refractivity contribution in [2.45, 2.75) is 19.3 Å². The number of hydrogen-bond acceptors (Lipinski definition) is 5. The number of nitrogens with one attached hydrogen (secondary N) is 2. The molecule has 1 aromatic carbocycles. The van der Waals surface area contributed by atoms with E-state index in [1.165, 1.54) is 11.3 Å². The zero-order valence-corrected chi connectivity index (χ0v) is 14.8. The monoisotopic (exact) mass is 372 g/mol.